The van der Waals surface area contributed by atoms with Crippen LogP contribution in [-0.4, -0.2) is 37.4 Å². The number of carboxylic acid groups (broad SMARTS) is 1. The second-order valence-corrected chi connectivity index (χ2v) is 6.17. The topological polar surface area (TPSA) is 105 Å². The van der Waals surface area contributed by atoms with E-state index in [1.807, 2.05) is 0 Å². The number of amides is 1. The predicted molar refractivity (Wildman–Crippen MR) is 89.3 cm³/mol. The van der Waals surface area contributed by atoms with Gasteiger partial charge in [-0.2, -0.15) is 4.37 Å². The van der Waals surface area contributed by atoms with Crippen LogP contribution in [0, 0.1) is 0 Å². The van der Waals surface area contributed by atoms with Gasteiger partial charge in [0, 0.05) is 18.0 Å². The van der Waals surface area contributed by atoms with E-state index >= 15 is 0 Å². The molecule has 0 saturated carbocycles. The second kappa shape index (κ2) is 6.90. The molecule has 3 rings (SSSR count). The number of aliphatic carboxylic acids is 1. The van der Waals surface area contributed by atoms with Crippen molar-refractivity contribution in [3.05, 3.63) is 52.4 Å². The van der Waals surface area contributed by atoms with E-state index in [1.54, 1.807) is 30.5 Å². The maximum absolute atomic E-state index is 12.6. The maximum atomic E-state index is 12.6. The molecule has 1 aromatic carbocycles. The van der Waals surface area contributed by atoms with E-state index in [0.717, 1.165) is 16.9 Å². The third-order valence-corrected chi connectivity index (χ3v) is 4.34. The summed E-state index contributed by atoms with van der Waals surface area (Å²) >= 11 is 7.22. The summed E-state index contributed by atoms with van der Waals surface area (Å²) in [6.07, 6.45) is 2.93. The van der Waals surface area contributed by atoms with E-state index in [4.69, 9.17) is 11.6 Å². The number of hydrogen-bond donors (Lipinski definition) is 2. The smallest absolute Gasteiger partial charge is 0.326 e. The molecule has 0 saturated heterocycles. The average molecular weight is 363 g/mol. The molecule has 0 bridgehead atoms. The third kappa shape index (κ3) is 3.34. The molecule has 2 N–H and O–H groups in total. The molecule has 0 aliphatic carbocycles. The fourth-order valence-electron chi connectivity index (χ4n) is 2.23. The lowest BCUT2D eigenvalue weighted by atomic mass is 10.1. The zero-order valence-electron chi connectivity index (χ0n) is 12.1. The van der Waals surface area contributed by atoms with Gasteiger partial charge in [-0.1, -0.05) is 23.7 Å². The van der Waals surface area contributed by atoms with E-state index in [0.29, 0.717) is 10.5 Å². The van der Waals surface area contributed by atoms with Gasteiger partial charge in [0.2, 0.25) is 0 Å². The molecule has 0 radical (unpaired) electrons. The molecule has 7 nitrogen and oxygen atoms in total. The average Bonchev–Trinajstić information content (AvgIpc) is 3.07. The third-order valence-electron chi connectivity index (χ3n) is 3.34. The number of nitrogens with zero attached hydrogens (tertiary/aromatic N) is 3. The van der Waals surface area contributed by atoms with Crippen molar-refractivity contribution in [3.63, 3.8) is 0 Å². The van der Waals surface area contributed by atoms with Crippen molar-refractivity contribution in [1.82, 2.24) is 19.7 Å². The molecule has 24 heavy (non-hydrogen) atoms. The van der Waals surface area contributed by atoms with Crippen molar-refractivity contribution in [2.75, 3.05) is 0 Å². The SMILES string of the molecule is O=C(NC(Cc1ncns1)C(=O)O)c1c(Cl)ccc2cccnc12. The molecule has 1 atom stereocenters. The van der Waals surface area contributed by atoms with Crippen LogP contribution in [0.5, 0.6) is 0 Å². The summed E-state index contributed by atoms with van der Waals surface area (Å²) in [7, 11) is 0. The number of benzene rings is 1. The molecular weight excluding hydrogens is 352 g/mol. The normalized spacial score (nSPS) is 12.0. The molecular formula is C15H11ClN4O3S. The molecule has 3 aromatic rings. The largest absolute Gasteiger partial charge is 0.480 e. The molecule has 0 aliphatic rings. The van der Waals surface area contributed by atoms with Crippen molar-refractivity contribution in [3.8, 4) is 0 Å². The fraction of sp³-hybridized carbons (Fsp3) is 0.133. The van der Waals surface area contributed by atoms with Gasteiger partial charge in [0.05, 0.1) is 16.1 Å². The van der Waals surface area contributed by atoms with Crippen LogP contribution in [0.3, 0.4) is 0 Å². The first-order valence-electron chi connectivity index (χ1n) is 6.88. The van der Waals surface area contributed by atoms with Gasteiger partial charge in [0.25, 0.3) is 5.91 Å². The molecule has 1 amide bonds. The van der Waals surface area contributed by atoms with Gasteiger partial charge in [-0.3, -0.25) is 9.78 Å². The molecule has 1 unspecified atom stereocenters. The first kappa shape index (κ1) is 16.3. The Morgan fingerprint density at radius 1 is 1.29 bits per heavy atom. The minimum Gasteiger partial charge on any atom is -0.480 e. The summed E-state index contributed by atoms with van der Waals surface area (Å²) < 4.78 is 3.82. The highest BCUT2D eigenvalue weighted by Crippen LogP contribution is 2.24. The molecule has 0 aliphatic heterocycles. The van der Waals surface area contributed by atoms with E-state index in [2.05, 4.69) is 19.7 Å². The number of halogens is 1. The van der Waals surface area contributed by atoms with Gasteiger partial charge >= 0.3 is 5.97 Å². The zero-order valence-corrected chi connectivity index (χ0v) is 13.7. The van der Waals surface area contributed by atoms with Crippen LogP contribution in [0.25, 0.3) is 10.9 Å². The van der Waals surface area contributed by atoms with Crippen molar-refractivity contribution >= 4 is 45.9 Å². The number of hydrogen-bond acceptors (Lipinski definition) is 6. The van der Waals surface area contributed by atoms with Gasteiger partial charge in [-0.05, 0) is 23.7 Å². The van der Waals surface area contributed by atoms with Gasteiger partial charge in [0.15, 0.2) is 0 Å². The highest BCUT2D eigenvalue weighted by Gasteiger charge is 2.25. The first-order chi connectivity index (χ1) is 11.6. The summed E-state index contributed by atoms with van der Waals surface area (Å²) in [5.74, 6) is -1.76. The van der Waals surface area contributed by atoms with Gasteiger partial charge in [-0.25, -0.2) is 9.78 Å². The monoisotopic (exact) mass is 362 g/mol. The van der Waals surface area contributed by atoms with Gasteiger partial charge in [0.1, 0.15) is 17.4 Å². The standard InChI is InChI=1S/C15H11ClN4O3S/c16-9-4-3-8-2-1-5-17-13(8)12(9)14(21)20-10(15(22)23)6-11-18-7-19-24-11/h1-5,7,10H,6H2,(H,20,21)(H,22,23). The lowest BCUT2D eigenvalue weighted by Gasteiger charge is -2.14. The summed E-state index contributed by atoms with van der Waals surface area (Å²) in [5, 5.41) is 13.3. The lowest BCUT2D eigenvalue weighted by molar-refractivity contribution is -0.139. The number of pyridine rings is 1. The summed E-state index contributed by atoms with van der Waals surface area (Å²) in [6, 6.07) is 5.73. The lowest BCUT2D eigenvalue weighted by Crippen LogP contribution is -2.42. The van der Waals surface area contributed by atoms with Crippen LogP contribution in [0.2, 0.25) is 5.02 Å². The van der Waals surface area contributed by atoms with Crippen molar-refractivity contribution in [2.24, 2.45) is 0 Å². The van der Waals surface area contributed by atoms with Crippen LogP contribution in [0.4, 0.5) is 0 Å². The number of aromatic nitrogens is 3. The summed E-state index contributed by atoms with van der Waals surface area (Å²) in [5.41, 5.74) is 0.570. The van der Waals surface area contributed by atoms with E-state index in [1.165, 1.54) is 6.33 Å². The number of carbonyl (C=O) groups excluding carboxylic acids is 1. The maximum Gasteiger partial charge on any atom is 0.326 e. The van der Waals surface area contributed by atoms with Crippen LogP contribution in [0.15, 0.2) is 36.8 Å². The Bertz CT molecular complexity index is 901. The van der Waals surface area contributed by atoms with Crippen molar-refractivity contribution in [1.29, 1.82) is 0 Å². The minimum absolute atomic E-state index is 0.0432. The fourth-order valence-corrected chi connectivity index (χ4v) is 3.02. The van der Waals surface area contributed by atoms with Crippen molar-refractivity contribution < 1.29 is 14.7 Å². The molecule has 122 valence electrons. The Morgan fingerprint density at radius 3 is 2.83 bits per heavy atom. The number of nitrogens with one attached hydrogen (secondary N) is 1. The second-order valence-electron chi connectivity index (χ2n) is 4.90. The Morgan fingerprint density at radius 2 is 2.12 bits per heavy atom. The first-order valence-corrected chi connectivity index (χ1v) is 8.04. The quantitative estimate of drug-likeness (QED) is 0.720. The highest BCUT2D eigenvalue weighted by molar-refractivity contribution is 7.05. The Balaban J connectivity index is 1.91. The van der Waals surface area contributed by atoms with Gasteiger partial charge in [-0.15, -0.1) is 0 Å². The zero-order chi connectivity index (χ0) is 17.1. The summed E-state index contributed by atoms with van der Waals surface area (Å²) in [6.45, 7) is 0. The van der Waals surface area contributed by atoms with Crippen molar-refractivity contribution in [2.45, 2.75) is 12.5 Å². The number of carbonyl (C=O) groups is 2. The minimum atomic E-state index is -1.16. The number of carboxylic acids is 1. The Labute approximate surface area is 145 Å². The molecule has 0 spiro atoms. The van der Waals surface area contributed by atoms with Crippen LogP contribution >= 0.6 is 23.1 Å². The Kier molecular flexibility index (Phi) is 4.68. The molecule has 2 heterocycles. The van der Waals surface area contributed by atoms with E-state index in [-0.39, 0.29) is 17.0 Å². The van der Waals surface area contributed by atoms with E-state index < -0.39 is 17.9 Å². The predicted octanol–water partition coefficient (Wildman–Crippen LogP) is 2.17. The molecule has 9 heteroatoms. The van der Waals surface area contributed by atoms with Crippen LogP contribution in [0.1, 0.15) is 15.4 Å². The van der Waals surface area contributed by atoms with E-state index in [9.17, 15) is 14.7 Å². The van der Waals surface area contributed by atoms with Gasteiger partial charge < -0.3 is 10.4 Å². The van der Waals surface area contributed by atoms with Crippen LogP contribution < -0.4 is 5.32 Å². The number of rotatable bonds is 5. The highest BCUT2D eigenvalue weighted by atomic mass is 35.5. The number of fused-ring (bicyclic) bond motifs is 1. The molecule has 0 fully saturated rings. The Hall–Kier alpha value is -2.58. The summed E-state index contributed by atoms with van der Waals surface area (Å²) in [4.78, 5) is 32.1. The molecule has 2 aromatic heterocycles. The van der Waals surface area contributed by atoms with Crippen LogP contribution in [-0.2, 0) is 11.2 Å².